The van der Waals surface area contributed by atoms with Crippen LogP contribution in [0.25, 0.3) is 0 Å². The number of hydrogen-bond acceptors (Lipinski definition) is 4. The van der Waals surface area contributed by atoms with Crippen molar-refractivity contribution in [3.8, 4) is 5.75 Å². The molecule has 0 bridgehead atoms. The Balaban J connectivity index is 1.28. The van der Waals surface area contributed by atoms with Gasteiger partial charge in [-0.25, -0.2) is 0 Å². The fraction of sp³-hybridized carbons (Fsp3) is 0.259. The number of hydrogen-bond donors (Lipinski definition) is 0. The summed E-state index contributed by atoms with van der Waals surface area (Å²) in [5, 5.41) is 0.726. The molecule has 0 atom stereocenters. The second-order valence-electron chi connectivity index (χ2n) is 8.67. The molecule has 2 aliphatic rings. The molecule has 0 spiro atoms. The Morgan fingerprint density at radius 2 is 1.74 bits per heavy atom. The lowest BCUT2D eigenvalue weighted by Crippen LogP contribution is -2.48. The highest BCUT2D eigenvalue weighted by atomic mass is 35.5. The highest BCUT2D eigenvalue weighted by molar-refractivity contribution is 6.33. The van der Waals surface area contributed by atoms with Crippen molar-refractivity contribution in [2.45, 2.75) is 13.5 Å². The first-order valence-electron chi connectivity index (χ1n) is 11.4. The van der Waals surface area contributed by atoms with Gasteiger partial charge in [0.05, 0.1) is 22.9 Å². The van der Waals surface area contributed by atoms with E-state index in [2.05, 4.69) is 4.90 Å². The molecule has 0 unspecified atom stereocenters. The fourth-order valence-electron chi connectivity index (χ4n) is 4.51. The van der Waals surface area contributed by atoms with E-state index in [1.807, 2.05) is 78.6 Å². The highest BCUT2D eigenvalue weighted by Gasteiger charge is 2.27. The molecule has 34 heavy (non-hydrogen) atoms. The zero-order valence-electron chi connectivity index (χ0n) is 19.0. The summed E-state index contributed by atoms with van der Waals surface area (Å²) >= 11 is 6.34. The van der Waals surface area contributed by atoms with Crippen LogP contribution in [0.2, 0.25) is 5.02 Å². The Kier molecular flexibility index (Phi) is 6.16. The van der Waals surface area contributed by atoms with Gasteiger partial charge in [0, 0.05) is 31.7 Å². The Morgan fingerprint density at radius 3 is 2.53 bits per heavy atom. The smallest absolute Gasteiger partial charge is 0.265 e. The molecule has 0 aliphatic carbocycles. The number of para-hydroxylation sites is 1. The van der Waals surface area contributed by atoms with Gasteiger partial charge in [-0.05, 0) is 54.4 Å². The third kappa shape index (κ3) is 4.46. The summed E-state index contributed by atoms with van der Waals surface area (Å²) in [7, 11) is 0. The van der Waals surface area contributed by atoms with E-state index >= 15 is 0 Å². The average molecular weight is 476 g/mol. The molecule has 174 valence electrons. The fourth-order valence-corrected chi connectivity index (χ4v) is 4.77. The minimum Gasteiger partial charge on any atom is -0.482 e. The van der Waals surface area contributed by atoms with Crippen molar-refractivity contribution in [3.05, 3.63) is 88.4 Å². The third-order valence-corrected chi connectivity index (χ3v) is 6.65. The van der Waals surface area contributed by atoms with Gasteiger partial charge in [0.2, 0.25) is 0 Å². The summed E-state index contributed by atoms with van der Waals surface area (Å²) in [6.07, 6.45) is 0. The van der Waals surface area contributed by atoms with Crippen LogP contribution < -0.4 is 14.5 Å². The predicted octanol–water partition coefficient (Wildman–Crippen LogP) is 4.54. The average Bonchev–Trinajstić information content (AvgIpc) is 2.86. The lowest BCUT2D eigenvalue weighted by Gasteiger charge is -2.36. The number of piperazine rings is 1. The monoisotopic (exact) mass is 475 g/mol. The van der Waals surface area contributed by atoms with Gasteiger partial charge in [-0.1, -0.05) is 41.9 Å². The van der Waals surface area contributed by atoms with Gasteiger partial charge in [-0.2, -0.15) is 0 Å². The molecule has 6 nitrogen and oxygen atoms in total. The van der Waals surface area contributed by atoms with Crippen LogP contribution in [0.1, 0.15) is 21.5 Å². The Bertz CT molecular complexity index is 1240. The lowest BCUT2D eigenvalue weighted by molar-refractivity contribution is -0.121. The second-order valence-corrected chi connectivity index (χ2v) is 9.08. The maximum Gasteiger partial charge on any atom is 0.265 e. The molecule has 2 amide bonds. The summed E-state index contributed by atoms with van der Waals surface area (Å²) in [6.45, 7) is 5.12. The number of carbonyl (C=O) groups is 2. The van der Waals surface area contributed by atoms with E-state index in [1.165, 1.54) is 0 Å². The number of amides is 2. The van der Waals surface area contributed by atoms with E-state index < -0.39 is 0 Å². The molecule has 1 fully saturated rings. The molecule has 0 radical (unpaired) electrons. The van der Waals surface area contributed by atoms with Gasteiger partial charge in [-0.15, -0.1) is 0 Å². The molecule has 3 aromatic carbocycles. The minimum atomic E-state index is -0.0937. The Morgan fingerprint density at radius 1 is 0.941 bits per heavy atom. The Hall–Kier alpha value is -3.51. The van der Waals surface area contributed by atoms with Gasteiger partial charge >= 0.3 is 0 Å². The normalized spacial score (nSPS) is 15.7. The molecule has 2 aliphatic heterocycles. The van der Waals surface area contributed by atoms with E-state index in [-0.39, 0.29) is 18.4 Å². The number of carbonyl (C=O) groups excluding carboxylic acids is 2. The van der Waals surface area contributed by atoms with Gasteiger partial charge in [0.15, 0.2) is 6.61 Å². The number of halogens is 1. The molecular formula is C27H26ClN3O3. The zero-order chi connectivity index (χ0) is 23.7. The Labute approximate surface area is 204 Å². The van der Waals surface area contributed by atoms with Gasteiger partial charge in [0.1, 0.15) is 5.75 Å². The summed E-state index contributed by atoms with van der Waals surface area (Å²) in [4.78, 5) is 31.7. The molecule has 0 N–H and O–H groups in total. The van der Waals surface area contributed by atoms with Crippen LogP contribution in [0.4, 0.5) is 11.4 Å². The van der Waals surface area contributed by atoms with Crippen LogP contribution in [0.5, 0.6) is 5.75 Å². The molecule has 0 aromatic heterocycles. The summed E-state index contributed by atoms with van der Waals surface area (Å²) in [5.41, 5.74) is 4.38. The van der Waals surface area contributed by atoms with Gasteiger partial charge in [-0.3, -0.25) is 9.59 Å². The number of benzene rings is 3. The number of anilines is 2. The number of nitrogens with zero attached hydrogens (tertiary/aromatic N) is 3. The molecule has 3 aromatic rings. The first-order chi connectivity index (χ1) is 16.5. The van der Waals surface area contributed by atoms with E-state index in [9.17, 15) is 9.59 Å². The van der Waals surface area contributed by atoms with Gasteiger partial charge < -0.3 is 19.4 Å². The van der Waals surface area contributed by atoms with E-state index in [4.69, 9.17) is 16.3 Å². The van der Waals surface area contributed by atoms with Crippen molar-refractivity contribution in [2.75, 3.05) is 42.6 Å². The minimum absolute atomic E-state index is 0.00462. The lowest BCUT2D eigenvalue weighted by atomic mass is 10.1. The third-order valence-electron chi connectivity index (χ3n) is 6.33. The zero-order valence-corrected chi connectivity index (χ0v) is 19.8. The van der Waals surface area contributed by atoms with Crippen LogP contribution in [-0.2, 0) is 11.3 Å². The predicted molar refractivity (Wildman–Crippen MR) is 134 cm³/mol. The van der Waals surface area contributed by atoms with Crippen molar-refractivity contribution in [1.82, 2.24) is 4.90 Å². The number of ether oxygens (including phenoxy) is 1. The first kappa shape index (κ1) is 22.3. The highest BCUT2D eigenvalue weighted by Crippen LogP contribution is 2.34. The first-order valence-corrected chi connectivity index (χ1v) is 11.8. The molecule has 5 rings (SSSR count). The summed E-state index contributed by atoms with van der Waals surface area (Å²) < 4.78 is 5.61. The molecule has 7 heteroatoms. The second kappa shape index (κ2) is 9.39. The number of fused-ring (bicyclic) bond motifs is 1. The van der Waals surface area contributed by atoms with Crippen molar-refractivity contribution >= 4 is 34.8 Å². The van der Waals surface area contributed by atoms with Crippen LogP contribution in [0, 0.1) is 6.92 Å². The van der Waals surface area contributed by atoms with E-state index in [0.29, 0.717) is 30.9 Å². The molecular weight excluding hydrogens is 450 g/mol. The standard InChI is InChI=1S/C27H26ClN3O3/c1-19-9-10-24-25(15-19)34-18-26(32)31(24)17-20-5-4-6-21(16-20)27(33)30-13-11-29(12-14-30)23-8-3-2-7-22(23)28/h2-10,15-16H,11-14,17-18H2,1H3. The van der Waals surface area contributed by atoms with Crippen LogP contribution in [-0.4, -0.2) is 49.5 Å². The van der Waals surface area contributed by atoms with Crippen LogP contribution in [0.15, 0.2) is 66.7 Å². The van der Waals surface area contributed by atoms with E-state index in [0.717, 1.165) is 40.6 Å². The van der Waals surface area contributed by atoms with Crippen LogP contribution >= 0.6 is 11.6 Å². The molecule has 2 heterocycles. The maximum atomic E-state index is 13.2. The quantitative estimate of drug-likeness (QED) is 0.556. The topological polar surface area (TPSA) is 53.1 Å². The van der Waals surface area contributed by atoms with Gasteiger partial charge in [0.25, 0.3) is 11.8 Å². The largest absolute Gasteiger partial charge is 0.482 e. The molecule has 0 saturated carbocycles. The van der Waals surface area contributed by atoms with Crippen molar-refractivity contribution < 1.29 is 14.3 Å². The summed E-state index contributed by atoms with van der Waals surface area (Å²) in [5.74, 6) is 0.622. The maximum absolute atomic E-state index is 13.2. The van der Waals surface area contributed by atoms with Crippen molar-refractivity contribution in [3.63, 3.8) is 0 Å². The number of rotatable bonds is 4. The molecule has 1 saturated heterocycles. The van der Waals surface area contributed by atoms with E-state index in [1.54, 1.807) is 4.90 Å². The van der Waals surface area contributed by atoms with Crippen molar-refractivity contribution in [2.24, 2.45) is 0 Å². The summed E-state index contributed by atoms with van der Waals surface area (Å²) in [6, 6.07) is 21.2. The SMILES string of the molecule is Cc1ccc2c(c1)OCC(=O)N2Cc1cccc(C(=O)N2CCN(c3ccccc3Cl)CC2)c1. The van der Waals surface area contributed by atoms with Crippen LogP contribution in [0.3, 0.4) is 0 Å². The van der Waals surface area contributed by atoms with Crippen molar-refractivity contribution in [1.29, 1.82) is 0 Å². The number of aryl methyl sites for hydroxylation is 1.